The Morgan fingerprint density at radius 2 is 1.32 bits per heavy atom. The first-order valence-electron chi connectivity index (χ1n) is 10.8. The number of aliphatic carboxylic acids is 1. The minimum Gasteiger partial charge on any atom is -0.480 e. The zero-order chi connectivity index (χ0) is 24.0. The lowest BCUT2D eigenvalue weighted by Gasteiger charge is -2.25. The number of nitrogens with two attached hydrogens (primary N) is 3. The van der Waals surface area contributed by atoms with Gasteiger partial charge in [-0.2, -0.15) is 0 Å². The Balaban J connectivity index is 4.85. The van der Waals surface area contributed by atoms with Crippen LogP contribution in [-0.4, -0.2) is 66.1 Å². The number of carbonyl (C=O) groups is 4. The van der Waals surface area contributed by atoms with Crippen molar-refractivity contribution < 1.29 is 24.3 Å². The van der Waals surface area contributed by atoms with Crippen LogP contribution in [-0.2, 0) is 19.2 Å². The second-order valence-corrected chi connectivity index (χ2v) is 8.04. The van der Waals surface area contributed by atoms with Gasteiger partial charge < -0.3 is 38.3 Å². The Labute approximate surface area is 184 Å². The van der Waals surface area contributed by atoms with E-state index in [2.05, 4.69) is 16.0 Å². The SMILES string of the molecule is CC(NC(=O)C(NC(=O)C(N)CCCCN)C(C)C)C(=O)NC(CCCCN)C(=O)O. The summed E-state index contributed by atoms with van der Waals surface area (Å²) in [6.07, 6.45) is 3.36. The van der Waals surface area contributed by atoms with Gasteiger partial charge in [-0.05, 0) is 58.0 Å². The average molecular weight is 445 g/mol. The van der Waals surface area contributed by atoms with Crippen molar-refractivity contribution in [3.8, 4) is 0 Å². The van der Waals surface area contributed by atoms with E-state index in [1.54, 1.807) is 13.8 Å². The largest absolute Gasteiger partial charge is 0.480 e. The molecule has 0 fully saturated rings. The van der Waals surface area contributed by atoms with Crippen molar-refractivity contribution in [1.29, 1.82) is 0 Å². The number of hydrogen-bond donors (Lipinski definition) is 7. The van der Waals surface area contributed by atoms with Crippen LogP contribution in [0.15, 0.2) is 0 Å². The molecule has 0 aliphatic heterocycles. The normalized spacial score (nSPS) is 14.9. The van der Waals surface area contributed by atoms with Crippen molar-refractivity contribution in [2.45, 2.75) is 83.5 Å². The summed E-state index contributed by atoms with van der Waals surface area (Å²) < 4.78 is 0. The molecule has 4 unspecified atom stereocenters. The number of nitrogens with one attached hydrogen (secondary N) is 3. The summed E-state index contributed by atoms with van der Waals surface area (Å²) in [6.45, 7) is 5.91. The molecule has 10 N–H and O–H groups in total. The zero-order valence-corrected chi connectivity index (χ0v) is 18.9. The summed E-state index contributed by atoms with van der Waals surface area (Å²) >= 11 is 0. The highest BCUT2D eigenvalue weighted by Crippen LogP contribution is 2.06. The molecule has 0 spiro atoms. The predicted molar refractivity (Wildman–Crippen MR) is 118 cm³/mol. The molecule has 180 valence electrons. The summed E-state index contributed by atoms with van der Waals surface area (Å²) in [5, 5.41) is 16.9. The summed E-state index contributed by atoms with van der Waals surface area (Å²) in [7, 11) is 0. The highest BCUT2D eigenvalue weighted by Gasteiger charge is 2.29. The van der Waals surface area contributed by atoms with Gasteiger partial charge in [0.15, 0.2) is 0 Å². The number of amides is 3. The third-order valence-electron chi connectivity index (χ3n) is 4.87. The van der Waals surface area contributed by atoms with E-state index in [1.807, 2.05) is 0 Å². The molecule has 31 heavy (non-hydrogen) atoms. The van der Waals surface area contributed by atoms with Crippen molar-refractivity contribution in [3.05, 3.63) is 0 Å². The summed E-state index contributed by atoms with van der Waals surface area (Å²) in [5.41, 5.74) is 16.7. The van der Waals surface area contributed by atoms with Gasteiger partial charge in [-0.15, -0.1) is 0 Å². The average Bonchev–Trinajstić information content (AvgIpc) is 2.70. The van der Waals surface area contributed by atoms with Crippen LogP contribution < -0.4 is 33.2 Å². The van der Waals surface area contributed by atoms with Crippen LogP contribution in [0.3, 0.4) is 0 Å². The van der Waals surface area contributed by atoms with E-state index >= 15 is 0 Å². The molecular weight excluding hydrogens is 404 g/mol. The molecule has 0 rings (SSSR count). The first kappa shape index (κ1) is 28.8. The van der Waals surface area contributed by atoms with Gasteiger partial charge in [0.1, 0.15) is 18.1 Å². The van der Waals surface area contributed by atoms with Gasteiger partial charge in [-0.1, -0.05) is 20.3 Å². The van der Waals surface area contributed by atoms with Crippen molar-refractivity contribution in [1.82, 2.24) is 16.0 Å². The first-order chi connectivity index (χ1) is 14.5. The molecule has 0 radical (unpaired) electrons. The van der Waals surface area contributed by atoms with Gasteiger partial charge in [-0.3, -0.25) is 14.4 Å². The smallest absolute Gasteiger partial charge is 0.326 e. The van der Waals surface area contributed by atoms with Gasteiger partial charge in [0.2, 0.25) is 17.7 Å². The Morgan fingerprint density at radius 1 is 0.774 bits per heavy atom. The molecule has 0 heterocycles. The van der Waals surface area contributed by atoms with Crippen molar-refractivity contribution in [2.24, 2.45) is 23.1 Å². The molecule has 4 atom stereocenters. The molecule has 11 heteroatoms. The van der Waals surface area contributed by atoms with Crippen LogP contribution in [0.4, 0.5) is 0 Å². The summed E-state index contributed by atoms with van der Waals surface area (Å²) in [5.74, 6) is -3.02. The van der Waals surface area contributed by atoms with Gasteiger partial charge in [0.25, 0.3) is 0 Å². The van der Waals surface area contributed by atoms with Crippen molar-refractivity contribution in [2.75, 3.05) is 13.1 Å². The number of carboxylic acid groups (broad SMARTS) is 1. The molecule has 0 aromatic heterocycles. The highest BCUT2D eigenvalue weighted by atomic mass is 16.4. The topological polar surface area (TPSA) is 203 Å². The first-order valence-corrected chi connectivity index (χ1v) is 10.8. The zero-order valence-electron chi connectivity index (χ0n) is 18.9. The molecule has 0 aromatic rings. The van der Waals surface area contributed by atoms with E-state index < -0.39 is 47.9 Å². The van der Waals surface area contributed by atoms with Crippen LogP contribution in [0, 0.1) is 5.92 Å². The van der Waals surface area contributed by atoms with E-state index in [-0.39, 0.29) is 12.3 Å². The minimum absolute atomic E-state index is 0.242. The fourth-order valence-corrected chi connectivity index (χ4v) is 2.85. The van der Waals surface area contributed by atoms with E-state index in [9.17, 15) is 24.3 Å². The minimum atomic E-state index is -1.15. The maximum Gasteiger partial charge on any atom is 0.326 e. The lowest BCUT2D eigenvalue weighted by molar-refractivity contribution is -0.142. The standard InChI is InChI=1S/C20H40N6O5/c1-12(2)16(26-18(28)14(23)8-4-6-10-21)19(29)24-13(3)17(27)25-15(20(30)31)9-5-7-11-22/h12-16H,4-11,21-23H2,1-3H3,(H,24,29)(H,25,27)(H,26,28)(H,30,31). The molecule has 0 bridgehead atoms. The second kappa shape index (κ2) is 15.5. The van der Waals surface area contributed by atoms with Gasteiger partial charge in [0.05, 0.1) is 6.04 Å². The molecule has 0 saturated heterocycles. The molecular formula is C20H40N6O5. The quantitative estimate of drug-likeness (QED) is 0.143. The van der Waals surface area contributed by atoms with E-state index in [0.717, 1.165) is 6.42 Å². The number of carbonyl (C=O) groups excluding carboxylic acids is 3. The molecule has 3 amide bonds. The summed E-state index contributed by atoms with van der Waals surface area (Å²) in [6, 6.07) is -3.69. The molecule has 0 aliphatic carbocycles. The fraction of sp³-hybridized carbons (Fsp3) is 0.800. The predicted octanol–water partition coefficient (Wildman–Crippen LogP) is -1.21. The Bertz CT molecular complexity index is 586. The molecule has 0 aromatic carbocycles. The van der Waals surface area contributed by atoms with Gasteiger partial charge in [-0.25, -0.2) is 4.79 Å². The molecule has 11 nitrogen and oxygen atoms in total. The van der Waals surface area contributed by atoms with Crippen molar-refractivity contribution in [3.63, 3.8) is 0 Å². The highest BCUT2D eigenvalue weighted by molar-refractivity contribution is 5.94. The third kappa shape index (κ3) is 11.7. The Morgan fingerprint density at radius 3 is 1.81 bits per heavy atom. The van der Waals surface area contributed by atoms with Crippen LogP contribution in [0.1, 0.15) is 59.3 Å². The van der Waals surface area contributed by atoms with Gasteiger partial charge in [0, 0.05) is 0 Å². The van der Waals surface area contributed by atoms with Crippen molar-refractivity contribution >= 4 is 23.7 Å². The number of rotatable bonds is 16. The number of carboxylic acids is 1. The fourth-order valence-electron chi connectivity index (χ4n) is 2.85. The monoisotopic (exact) mass is 444 g/mol. The van der Waals surface area contributed by atoms with Crippen LogP contribution >= 0.6 is 0 Å². The maximum atomic E-state index is 12.7. The molecule has 0 saturated carbocycles. The van der Waals surface area contributed by atoms with Crippen LogP contribution in [0.5, 0.6) is 0 Å². The second-order valence-electron chi connectivity index (χ2n) is 8.04. The number of hydrogen-bond acceptors (Lipinski definition) is 7. The Hall–Kier alpha value is -2.24. The van der Waals surface area contributed by atoms with Crippen LogP contribution in [0.2, 0.25) is 0 Å². The summed E-state index contributed by atoms with van der Waals surface area (Å²) in [4.78, 5) is 48.7. The van der Waals surface area contributed by atoms with E-state index in [0.29, 0.717) is 38.8 Å². The molecule has 0 aliphatic rings. The van der Waals surface area contributed by atoms with Crippen LogP contribution in [0.25, 0.3) is 0 Å². The number of unbranched alkanes of at least 4 members (excludes halogenated alkanes) is 2. The van der Waals surface area contributed by atoms with E-state index in [4.69, 9.17) is 17.2 Å². The lowest BCUT2D eigenvalue weighted by Crippen LogP contribution is -2.57. The Kier molecular flexibility index (Phi) is 14.4. The maximum absolute atomic E-state index is 12.7. The van der Waals surface area contributed by atoms with E-state index in [1.165, 1.54) is 6.92 Å². The van der Waals surface area contributed by atoms with Gasteiger partial charge >= 0.3 is 5.97 Å². The third-order valence-corrected chi connectivity index (χ3v) is 4.87. The lowest BCUT2D eigenvalue weighted by atomic mass is 10.0.